The molecule has 142 valence electrons. The number of aliphatic hydroxyl groups is 1. The highest BCUT2D eigenvalue weighted by atomic mass is 16.3. The van der Waals surface area contributed by atoms with Gasteiger partial charge in [0.25, 0.3) is 0 Å². The van der Waals surface area contributed by atoms with E-state index < -0.39 is 0 Å². The standard InChI is InChI=1S/C23H30N3O/c1-17-13-18(2)23(19(3)14-17)25-12-11-24(16-25)21-8-4-5-9-22(21)26-10-6-7-20(26)15-27/h4-5,8-9,13-14,16,20,27H,6-7,10-12,15H2,1-3H3/q+1/t20-/m0/s1. The average Bonchev–Trinajstić information content (AvgIpc) is 3.30. The van der Waals surface area contributed by atoms with Crippen LogP contribution in [0.4, 0.5) is 17.1 Å². The van der Waals surface area contributed by atoms with Crippen LogP contribution in [0, 0.1) is 20.8 Å². The van der Waals surface area contributed by atoms with E-state index in [9.17, 15) is 5.11 Å². The Morgan fingerprint density at radius 2 is 1.74 bits per heavy atom. The molecule has 2 aromatic carbocycles. The van der Waals surface area contributed by atoms with Crippen molar-refractivity contribution in [3.8, 4) is 0 Å². The number of aliphatic hydroxyl groups excluding tert-OH is 1. The van der Waals surface area contributed by atoms with Crippen molar-refractivity contribution in [1.82, 2.24) is 0 Å². The molecule has 4 nitrogen and oxygen atoms in total. The molecule has 2 aromatic rings. The summed E-state index contributed by atoms with van der Waals surface area (Å²) in [4.78, 5) is 4.75. The molecule has 4 rings (SSSR count). The van der Waals surface area contributed by atoms with Gasteiger partial charge in [0.15, 0.2) is 0 Å². The van der Waals surface area contributed by atoms with E-state index in [1.165, 1.54) is 33.8 Å². The molecule has 0 unspecified atom stereocenters. The summed E-state index contributed by atoms with van der Waals surface area (Å²) < 4.78 is 2.38. The van der Waals surface area contributed by atoms with Crippen LogP contribution in [0.25, 0.3) is 0 Å². The van der Waals surface area contributed by atoms with Crippen molar-refractivity contribution in [1.29, 1.82) is 0 Å². The zero-order valence-corrected chi connectivity index (χ0v) is 16.7. The fourth-order valence-corrected chi connectivity index (χ4v) is 4.77. The van der Waals surface area contributed by atoms with E-state index in [-0.39, 0.29) is 12.6 Å². The predicted octanol–water partition coefficient (Wildman–Crippen LogP) is 3.77. The number of para-hydroxylation sites is 2. The van der Waals surface area contributed by atoms with E-state index >= 15 is 0 Å². The molecule has 1 saturated heterocycles. The fourth-order valence-electron chi connectivity index (χ4n) is 4.77. The molecular weight excluding hydrogens is 334 g/mol. The zero-order valence-electron chi connectivity index (χ0n) is 16.7. The van der Waals surface area contributed by atoms with Crippen molar-refractivity contribution in [3.05, 3.63) is 53.1 Å². The lowest BCUT2D eigenvalue weighted by Crippen LogP contribution is -2.33. The summed E-state index contributed by atoms with van der Waals surface area (Å²) in [6, 6.07) is 13.4. The Labute approximate surface area is 162 Å². The maximum absolute atomic E-state index is 9.76. The normalized spacial score (nSPS) is 19.7. The maximum atomic E-state index is 9.76. The van der Waals surface area contributed by atoms with Crippen LogP contribution in [0.5, 0.6) is 0 Å². The van der Waals surface area contributed by atoms with Gasteiger partial charge in [-0.05, 0) is 56.9 Å². The average molecular weight is 365 g/mol. The van der Waals surface area contributed by atoms with Gasteiger partial charge in [-0.15, -0.1) is 0 Å². The van der Waals surface area contributed by atoms with E-state index in [1.54, 1.807) is 0 Å². The molecule has 0 saturated carbocycles. The summed E-state index contributed by atoms with van der Waals surface area (Å²) in [5.41, 5.74) is 7.79. The Kier molecular flexibility index (Phi) is 4.92. The van der Waals surface area contributed by atoms with E-state index in [4.69, 9.17) is 0 Å². The lowest BCUT2D eigenvalue weighted by Gasteiger charge is -2.27. The van der Waals surface area contributed by atoms with Gasteiger partial charge >= 0.3 is 0 Å². The first-order valence-electron chi connectivity index (χ1n) is 10.0. The number of anilines is 2. The lowest BCUT2D eigenvalue weighted by atomic mass is 10.0. The van der Waals surface area contributed by atoms with Crippen LogP contribution in [0.3, 0.4) is 0 Å². The quantitative estimate of drug-likeness (QED) is 0.838. The number of benzene rings is 2. The molecule has 0 bridgehead atoms. The Balaban J connectivity index is 1.69. The van der Waals surface area contributed by atoms with Crippen molar-refractivity contribution >= 4 is 23.4 Å². The van der Waals surface area contributed by atoms with E-state index in [0.29, 0.717) is 0 Å². The molecule has 1 fully saturated rings. The Bertz CT molecular complexity index is 851. The van der Waals surface area contributed by atoms with Crippen LogP contribution in [0.1, 0.15) is 29.5 Å². The van der Waals surface area contributed by atoms with Gasteiger partial charge in [0, 0.05) is 6.54 Å². The van der Waals surface area contributed by atoms with Gasteiger partial charge in [0.2, 0.25) is 6.34 Å². The van der Waals surface area contributed by atoms with Gasteiger partial charge in [0.1, 0.15) is 24.5 Å². The van der Waals surface area contributed by atoms with Crippen molar-refractivity contribution in [2.24, 2.45) is 0 Å². The molecule has 27 heavy (non-hydrogen) atoms. The van der Waals surface area contributed by atoms with Gasteiger partial charge in [0.05, 0.1) is 18.3 Å². The van der Waals surface area contributed by atoms with Crippen molar-refractivity contribution < 1.29 is 9.68 Å². The smallest absolute Gasteiger partial charge is 0.244 e. The van der Waals surface area contributed by atoms with Crippen LogP contribution < -0.4 is 9.80 Å². The molecule has 1 N–H and O–H groups in total. The Hall–Kier alpha value is -2.33. The molecule has 4 heteroatoms. The maximum Gasteiger partial charge on any atom is 0.244 e. The summed E-state index contributed by atoms with van der Waals surface area (Å²) in [5.74, 6) is 0. The summed E-state index contributed by atoms with van der Waals surface area (Å²) in [6.07, 6.45) is 4.48. The molecular formula is C23H30N3O+. The minimum absolute atomic E-state index is 0.228. The number of hydrogen-bond acceptors (Lipinski definition) is 3. The van der Waals surface area contributed by atoms with E-state index in [0.717, 1.165) is 32.5 Å². The molecule has 0 radical (unpaired) electrons. The third-order valence-corrected chi connectivity index (χ3v) is 5.87. The van der Waals surface area contributed by atoms with Gasteiger partial charge in [-0.2, -0.15) is 0 Å². The second-order valence-electron chi connectivity index (χ2n) is 7.91. The molecule has 2 aliphatic heterocycles. The van der Waals surface area contributed by atoms with Crippen LogP contribution >= 0.6 is 0 Å². The summed E-state index contributed by atoms with van der Waals surface area (Å²) in [7, 11) is 0. The monoisotopic (exact) mass is 364 g/mol. The predicted molar refractivity (Wildman–Crippen MR) is 113 cm³/mol. The minimum Gasteiger partial charge on any atom is -0.394 e. The third kappa shape index (κ3) is 3.34. The van der Waals surface area contributed by atoms with Crippen molar-refractivity contribution in [2.45, 2.75) is 39.7 Å². The van der Waals surface area contributed by atoms with Crippen LogP contribution in [-0.2, 0) is 0 Å². The molecule has 0 spiro atoms. The molecule has 0 aromatic heterocycles. The number of aryl methyl sites for hydroxylation is 3. The first-order valence-corrected chi connectivity index (χ1v) is 10.0. The highest BCUT2D eigenvalue weighted by Gasteiger charge is 2.31. The van der Waals surface area contributed by atoms with Gasteiger partial charge in [-0.1, -0.05) is 29.8 Å². The molecule has 2 aliphatic rings. The van der Waals surface area contributed by atoms with Crippen LogP contribution in [0.15, 0.2) is 36.4 Å². The van der Waals surface area contributed by atoms with Gasteiger partial charge < -0.3 is 10.0 Å². The van der Waals surface area contributed by atoms with Crippen LogP contribution in [-0.4, -0.2) is 48.3 Å². The highest BCUT2D eigenvalue weighted by Crippen LogP contribution is 2.35. The fraction of sp³-hybridized carbons (Fsp3) is 0.435. The summed E-state index contributed by atoms with van der Waals surface area (Å²) in [6.45, 7) is 9.78. The number of hydrogen-bond donors (Lipinski definition) is 1. The summed E-state index contributed by atoms with van der Waals surface area (Å²) in [5, 5.41) is 9.76. The Morgan fingerprint density at radius 1 is 1.04 bits per heavy atom. The van der Waals surface area contributed by atoms with E-state index in [1.807, 2.05) is 0 Å². The van der Waals surface area contributed by atoms with Gasteiger partial charge in [-0.3, -0.25) is 0 Å². The van der Waals surface area contributed by atoms with Crippen molar-refractivity contribution in [3.63, 3.8) is 0 Å². The summed E-state index contributed by atoms with van der Waals surface area (Å²) >= 11 is 0. The second kappa shape index (κ2) is 7.35. The van der Waals surface area contributed by atoms with Gasteiger partial charge in [-0.25, -0.2) is 9.48 Å². The number of nitrogens with zero attached hydrogens (tertiary/aromatic N) is 3. The Morgan fingerprint density at radius 3 is 2.44 bits per heavy atom. The molecule has 0 amide bonds. The first-order chi connectivity index (χ1) is 13.1. The number of rotatable bonds is 4. The SMILES string of the molecule is Cc1cc(C)c([N+]2=CN(c3ccccc3N3CCC[C@H]3CO)CC2)c(C)c1. The lowest BCUT2D eigenvalue weighted by molar-refractivity contribution is -0.425. The third-order valence-electron chi connectivity index (χ3n) is 5.87. The highest BCUT2D eigenvalue weighted by molar-refractivity contribution is 5.86. The van der Waals surface area contributed by atoms with E-state index in [2.05, 4.69) is 77.9 Å². The van der Waals surface area contributed by atoms with Crippen LogP contribution in [0.2, 0.25) is 0 Å². The largest absolute Gasteiger partial charge is 0.394 e. The molecule has 0 aliphatic carbocycles. The first kappa shape index (κ1) is 18.1. The minimum atomic E-state index is 0.228. The van der Waals surface area contributed by atoms with Crippen molar-refractivity contribution in [2.75, 3.05) is 36.0 Å². The topological polar surface area (TPSA) is 29.7 Å². The zero-order chi connectivity index (χ0) is 19.0. The molecule has 1 atom stereocenters. The second-order valence-corrected chi connectivity index (χ2v) is 7.91. The molecule has 2 heterocycles.